The largest absolute Gasteiger partial charge is 0.305 e. The van der Waals surface area contributed by atoms with Crippen molar-refractivity contribution < 1.29 is 0 Å². The summed E-state index contributed by atoms with van der Waals surface area (Å²) < 4.78 is 1.98. The smallest absolute Gasteiger partial charge is 0.0956 e. The number of rotatable bonds is 6. The Balaban J connectivity index is 1.87. The van der Waals surface area contributed by atoms with Gasteiger partial charge in [-0.15, -0.1) is 0 Å². The predicted octanol–water partition coefficient (Wildman–Crippen LogP) is 3.97. The van der Waals surface area contributed by atoms with Crippen molar-refractivity contribution in [3.63, 3.8) is 0 Å². The topological polar surface area (TPSA) is 24.3 Å². The lowest BCUT2D eigenvalue weighted by Gasteiger charge is -2.11. The van der Waals surface area contributed by atoms with E-state index >= 15 is 0 Å². The van der Waals surface area contributed by atoms with Crippen LogP contribution in [-0.2, 0) is 13.1 Å². The highest BCUT2D eigenvalue weighted by Gasteiger charge is 2.10. The molecule has 0 aliphatic heterocycles. The lowest BCUT2D eigenvalue weighted by molar-refractivity contribution is 0.402. The van der Waals surface area contributed by atoms with Crippen molar-refractivity contribution in [2.45, 2.75) is 20.0 Å². The van der Waals surface area contributed by atoms with E-state index in [4.69, 9.17) is 5.10 Å². The SMILES string of the molecule is Cc1cn(-c2cccc(CN(C)C)c2)nc1-c1ccc(CN(C)C)cc1. The first-order chi connectivity index (χ1) is 12.4. The van der Waals surface area contributed by atoms with Crippen LogP contribution in [0.25, 0.3) is 16.9 Å². The quantitative estimate of drug-likeness (QED) is 0.674. The van der Waals surface area contributed by atoms with Crippen molar-refractivity contribution in [3.05, 3.63) is 71.4 Å². The lowest BCUT2D eigenvalue weighted by atomic mass is 10.1. The molecule has 0 atom stereocenters. The van der Waals surface area contributed by atoms with Crippen molar-refractivity contribution in [1.82, 2.24) is 19.6 Å². The van der Waals surface area contributed by atoms with Gasteiger partial charge in [0.25, 0.3) is 0 Å². The van der Waals surface area contributed by atoms with E-state index in [9.17, 15) is 0 Å². The fourth-order valence-electron chi connectivity index (χ4n) is 3.17. The zero-order valence-electron chi connectivity index (χ0n) is 16.4. The fourth-order valence-corrected chi connectivity index (χ4v) is 3.17. The average molecular weight is 348 g/mol. The van der Waals surface area contributed by atoms with Gasteiger partial charge in [0.15, 0.2) is 0 Å². The van der Waals surface area contributed by atoms with Crippen LogP contribution in [0.2, 0.25) is 0 Å². The Bertz CT molecular complexity index is 860. The molecule has 0 radical (unpaired) electrons. The van der Waals surface area contributed by atoms with E-state index in [2.05, 4.69) is 99.6 Å². The van der Waals surface area contributed by atoms with Crippen molar-refractivity contribution in [3.8, 4) is 16.9 Å². The van der Waals surface area contributed by atoms with Crippen LogP contribution in [0.4, 0.5) is 0 Å². The Morgan fingerprint density at radius 3 is 2.15 bits per heavy atom. The van der Waals surface area contributed by atoms with Gasteiger partial charge in [0.1, 0.15) is 0 Å². The molecule has 0 saturated carbocycles. The number of aromatic nitrogens is 2. The summed E-state index contributed by atoms with van der Waals surface area (Å²) in [5.41, 5.74) is 7.08. The number of aryl methyl sites for hydroxylation is 1. The van der Waals surface area contributed by atoms with Gasteiger partial charge in [0.2, 0.25) is 0 Å². The molecule has 3 aromatic rings. The van der Waals surface area contributed by atoms with Crippen LogP contribution < -0.4 is 0 Å². The minimum absolute atomic E-state index is 0.925. The molecule has 0 bridgehead atoms. The summed E-state index contributed by atoms with van der Waals surface area (Å²) in [6.45, 7) is 4.00. The van der Waals surface area contributed by atoms with Crippen LogP contribution in [-0.4, -0.2) is 47.8 Å². The second-order valence-corrected chi connectivity index (χ2v) is 7.45. The minimum atomic E-state index is 0.925. The maximum Gasteiger partial charge on any atom is 0.0956 e. The molecular formula is C22H28N4. The molecule has 0 unspecified atom stereocenters. The first-order valence-corrected chi connectivity index (χ1v) is 8.97. The zero-order valence-corrected chi connectivity index (χ0v) is 16.4. The highest BCUT2D eigenvalue weighted by molar-refractivity contribution is 5.63. The van der Waals surface area contributed by atoms with E-state index in [0.29, 0.717) is 0 Å². The van der Waals surface area contributed by atoms with Gasteiger partial charge in [-0.3, -0.25) is 0 Å². The molecule has 4 nitrogen and oxygen atoms in total. The van der Waals surface area contributed by atoms with Crippen LogP contribution in [0.1, 0.15) is 16.7 Å². The Kier molecular flexibility index (Phi) is 5.55. The third-order valence-corrected chi connectivity index (χ3v) is 4.30. The fraction of sp³-hybridized carbons (Fsp3) is 0.318. The molecule has 0 amide bonds. The highest BCUT2D eigenvalue weighted by Crippen LogP contribution is 2.24. The van der Waals surface area contributed by atoms with Gasteiger partial charge in [0.05, 0.1) is 11.4 Å². The maximum atomic E-state index is 4.85. The molecule has 136 valence electrons. The Labute approximate surface area is 156 Å². The molecule has 1 heterocycles. The molecule has 1 aromatic heterocycles. The number of nitrogens with zero attached hydrogens (tertiary/aromatic N) is 4. The molecule has 0 aliphatic rings. The Morgan fingerprint density at radius 1 is 0.846 bits per heavy atom. The van der Waals surface area contributed by atoms with E-state index in [1.807, 2.05) is 4.68 Å². The van der Waals surface area contributed by atoms with Gasteiger partial charge < -0.3 is 9.80 Å². The summed E-state index contributed by atoms with van der Waals surface area (Å²) in [6, 6.07) is 17.3. The summed E-state index contributed by atoms with van der Waals surface area (Å²) >= 11 is 0. The van der Waals surface area contributed by atoms with E-state index in [1.165, 1.54) is 16.7 Å². The van der Waals surface area contributed by atoms with Crippen LogP contribution in [0.5, 0.6) is 0 Å². The van der Waals surface area contributed by atoms with Crippen molar-refractivity contribution >= 4 is 0 Å². The summed E-state index contributed by atoms with van der Waals surface area (Å²) in [6.07, 6.45) is 2.11. The number of hydrogen-bond donors (Lipinski definition) is 0. The predicted molar refractivity (Wildman–Crippen MR) is 109 cm³/mol. The molecule has 2 aromatic carbocycles. The second-order valence-electron chi connectivity index (χ2n) is 7.45. The molecule has 0 saturated heterocycles. The normalized spacial score (nSPS) is 11.5. The monoisotopic (exact) mass is 348 g/mol. The Morgan fingerprint density at radius 2 is 1.50 bits per heavy atom. The number of benzene rings is 2. The average Bonchev–Trinajstić information content (AvgIpc) is 2.97. The summed E-state index contributed by atoms with van der Waals surface area (Å²) in [4.78, 5) is 4.35. The first-order valence-electron chi connectivity index (χ1n) is 8.97. The minimum Gasteiger partial charge on any atom is -0.305 e. The first kappa shape index (κ1) is 18.4. The van der Waals surface area contributed by atoms with Crippen molar-refractivity contribution in [1.29, 1.82) is 0 Å². The van der Waals surface area contributed by atoms with E-state index in [1.54, 1.807) is 0 Å². The van der Waals surface area contributed by atoms with Gasteiger partial charge in [-0.2, -0.15) is 5.10 Å². The standard InChI is InChI=1S/C22H28N4/c1-17-14-26(21-8-6-7-19(13-21)16-25(4)5)23-22(17)20-11-9-18(10-12-20)15-24(2)3/h6-14H,15-16H2,1-5H3. The van der Waals surface area contributed by atoms with Crippen molar-refractivity contribution in [2.24, 2.45) is 0 Å². The molecule has 0 N–H and O–H groups in total. The third kappa shape index (κ3) is 4.40. The lowest BCUT2D eigenvalue weighted by Crippen LogP contribution is -2.10. The van der Waals surface area contributed by atoms with Crippen LogP contribution >= 0.6 is 0 Å². The van der Waals surface area contributed by atoms with E-state index < -0.39 is 0 Å². The molecular weight excluding hydrogens is 320 g/mol. The molecule has 26 heavy (non-hydrogen) atoms. The van der Waals surface area contributed by atoms with Gasteiger partial charge >= 0.3 is 0 Å². The van der Waals surface area contributed by atoms with Crippen LogP contribution in [0.15, 0.2) is 54.7 Å². The summed E-state index contributed by atoms with van der Waals surface area (Å²) in [5.74, 6) is 0. The summed E-state index contributed by atoms with van der Waals surface area (Å²) in [7, 11) is 8.35. The van der Waals surface area contributed by atoms with E-state index in [-0.39, 0.29) is 0 Å². The van der Waals surface area contributed by atoms with Crippen molar-refractivity contribution in [2.75, 3.05) is 28.2 Å². The zero-order chi connectivity index (χ0) is 18.7. The number of hydrogen-bond acceptors (Lipinski definition) is 3. The van der Waals surface area contributed by atoms with Gasteiger partial charge in [0, 0.05) is 24.8 Å². The van der Waals surface area contributed by atoms with E-state index in [0.717, 1.165) is 30.0 Å². The third-order valence-electron chi connectivity index (χ3n) is 4.30. The summed E-state index contributed by atoms with van der Waals surface area (Å²) in [5, 5.41) is 4.85. The van der Waals surface area contributed by atoms with Gasteiger partial charge in [-0.25, -0.2) is 4.68 Å². The Hall–Kier alpha value is -2.43. The van der Waals surface area contributed by atoms with Crippen LogP contribution in [0, 0.1) is 6.92 Å². The maximum absolute atomic E-state index is 4.85. The molecule has 3 rings (SSSR count). The molecule has 0 spiro atoms. The highest BCUT2D eigenvalue weighted by atomic mass is 15.3. The molecule has 0 aliphatic carbocycles. The molecule has 4 heteroatoms. The van der Waals surface area contributed by atoms with Gasteiger partial charge in [-0.05, 0) is 63.9 Å². The van der Waals surface area contributed by atoms with Crippen LogP contribution in [0.3, 0.4) is 0 Å². The molecule has 0 fully saturated rings. The van der Waals surface area contributed by atoms with Gasteiger partial charge in [-0.1, -0.05) is 36.4 Å². The second kappa shape index (κ2) is 7.85.